The molecule has 0 bridgehead atoms. The van der Waals surface area contributed by atoms with Crippen molar-refractivity contribution < 1.29 is 19.8 Å². The van der Waals surface area contributed by atoms with E-state index in [1.54, 1.807) is 11.0 Å². The van der Waals surface area contributed by atoms with Crippen LogP contribution < -0.4 is 0 Å². The first-order valence-electron chi connectivity index (χ1n) is 9.42. The number of aromatic nitrogens is 1. The average molecular weight is 359 g/mol. The van der Waals surface area contributed by atoms with Crippen molar-refractivity contribution in [3.8, 4) is 5.75 Å². The van der Waals surface area contributed by atoms with Crippen LogP contribution in [-0.2, 0) is 4.79 Å². The van der Waals surface area contributed by atoms with E-state index in [4.69, 9.17) is 0 Å². The quantitative estimate of drug-likeness (QED) is 0.851. The summed E-state index contributed by atoms with van der Waals surface area (Å²) in [6, 6.07) is 3.47. The molecule has 1 aromatic heterocycles. The average Bonchev–Trinajstić information content (AvgIpc) is 3.18. The highest BCUT2D eigenvalue weighted by molar-refractivity contribution is 5.95. The minimum absolute atomic E-state index is 0.00264. The van der Waals surface area contributed by atoms with Crippen LogP contribution in [0.3, 0.4) is 0 Å². The number of hydrogen-bond acceptors (Lipinski definition) is 5. The van der Waals surface area contributed by atoms with Crippen LogP contribution in [-0.4, -0.2) is 69.1 Å². The molecular weight excluding hydrogens is 334 g/mol. The molecule has 1 aromatic rings. The molecule has 26 heavy (non-hydrogen) atoms. The van der Waals surface area contributed by atoms with Crippen molar-refractivity contribution in [2.75, 3.05) is 26.2 Å². The van der Waals surface area contributed by atoms with Crippen LogP contribution >= 0.6 is 0 Å². The number of nitrogens with zero attached hydrogens (tertiary/aromatic N) is 3. The largest absolute Gasteiger partial charge is 0.505 e. The zero-order valence-corrected chi connectivity index (χ0v) is 14.8. The van der Waals surface area contributed by atoms with Gasteiger partial charge >= 0.3 is 5.97 Å². The van der Waals surface area contributed by atoms with Gasteiger partial charge in [0.1, 0.15) is 11.2 Å². The van der Waals surface area contributed by atoms with Gasteiger partial charge in [-0.05, 0) is 25.0 Å². The Hall–Kier alpha value is -2.15. The van der Waals surface area contributed by atoms with Gasteiger partial charge in [0.25, 0.3) is 5.91 Å². The van der Waals surface area contributed by atoms with Gasteiger partial charge in [-0.25, -0.2) is 4.98 Å². The van der Waals surface area contributed by atoms with E-state index in [0.29, 0.717) is 19.1 Å². The van der Waals surface area contributed by atoms with Crippen molar-refractivity contribution >= 4 is 11.9 Å². The van der Waals surface area contributed by atoms with Crippen molar-refractivity contribution in [2.24, 2.45) is 11.3 Å². The van der Waals surface area contributed by atoms with Crippen molar-refractivity contribution in [1.29, 1.82) is 0 Å². The fourth-order valence-electron chi connectivity index (χ4n) is 5.00. The molecular formula is C19H25N3O4. The summed E-state index contributed by atoms with van der Waals surface area (Å²) < 4.78 is 0. The normalized spacial score (nSPS) is 29.7. The zero-order chi connectivity index (χ0) is 18.3. The fourth-order valence-corrected chi connectivity index (χ4v) is 5.00. The first-order chi connectivity index (χ1) is 12.5. The second-order valence-electron chi connectivity index (χ2n) is 7.94. The Balaban J connectivity index is 1.53. The highest BCUT2D eigenvalue weighted by atomic mass is 16.4. The number of amides is 1. The van der Waals surface area contributed by atoms with Gasteiger partial charge in [0.05, 0.1) is 0 Å². The third-order valence-corrected chi connectivity index (χ3v) is 6.43. The Morgan fingerprint density at radius 2 is 1.92 bits per heavy atom. The number of rotatable bonds is 3. The number of aromatic hydroxyl groups is 1. The van der Waals surface area contributed by atoms with E-state index in [1.165, 1.54) is 31.5 Å². The molecule has 0 aromatic carbocycles. The summed E-state index contributed by atoms with van der Waals surface area (Å²) in [4.78, 5) is 32.8. The number of carbonyl (C=O) groups excluding carboxylic acids is 1. The SMILES string of the molecule is O=C(c1ncccc1O)N1C[C@H]2CN(C3CCCCC3)C[C@@]2(C(=O)O)C1. The number of hydrogen-bond donors (Lipinski definition) is 2. The van der Waals surface area contributed by atoms with Crippen molar-refractivity contribution in [3.05, 3.63) is 24.0 Å². The number of carboxylic acids is 1. The second-order valence-corrected chi connectivity index (χ2v) is 7.94. The topological polar surface area (TPSA) is 94.0 Å². The van der Waals surface area contributed by atoms with E-state index >= 15 is 0 Å². The molecule has 3 aliphatic rings. The Morgan fingerprint density at radius 1 is 1.15 bits per heavy atom. The Kier molecular flexibility index (Phi) is 4.34. The van der Waals surface area contributed by atoms with Crippen molar-refractivity contribution in [3.63, 3.8) is 0 Å². The lowest BCUT2D eigenvalue weighted by molar-refractivity contribution is -0.148. The van der Waals surface area contributed by atoms with Gasteiger partial charge < -0.3 is 15.1 Å². The predicted octanol–water partition coefficient (Wildman–Crippen LogP) is 1.58. The predicted molar refractivity (Wildman–Crippen MR) is 93.8 cm³/mol. The molecule has 1 amide bonds. The summed E-state index contributed by atoms with van der Waals surface area (Å²) in [5, 5.41) is 19.9. The molecule has 2 atom stereocenters. The van der Waals surface area contributed by atoms with Crippen molar-refractivity contribution in [1.82, 2.24) is 14.8 Å². The minimum atomic E-state index is -0.905. The van der Waals surface area contributed by atoms with Crippen LogP contribution in [0.4, 0.5) is 0 Å². The molecule has 140 valence electrons. The van der Waals surface area contributed by atoms with Crippen molar-refractivity contribution in [2.45, 2.75) is 38.1 Å². The molecule has 0 spiro atoms. The van der Waals surface area contributed by atoms with E-state index in [0.717, 1.165) is 19.4 Å². The van der Waals surface area contributed by atoms with Gasteiger partial charge in [-0.3, -0.25) is 14.5 Å². The first-order valence-corrected chi connectivity index (χ1v) is 9.42. The van der Waals surface area contributed by atoms with Crippen LogP contribution in [0.2, 0.25) is 0 Å². The van der Waals surface area contributed by atoms with Crippen LogP contribution in [0, 0.1) is 11.3 Å². The first kappa shape index (κ1) is 17.3. The maximum atomic E-state index is 12.7. The Labute approximate surface area is 152 Å². The van der Waals surface area contributed by atoms with E-state index in [9.17, 15) is 19.8 Å². The van der Waals surface area contributed by atoms with Gasteiger partial charge in [-0.2, -0.15) is 0 Å². The summed E-state index contributed by atoms with van der Waals surface area (Å²) in [5.41, 5.74) is -0.908. The molecule has 2 N–H and O–H groups in total. The lowest BCUT2D eigenvalue weighted by Gasteiger charge is -2.33. The number of carbonyl (C=O) groups is 2. The summed E-state index contributed by atoms with van der Waals surface area (Å²) in [6.07, 6.45) is 7.46. The van der Waals surface area contributed by atoms with Gasteiger partial charge in [-0.15, -0.1) is 0 Å². The van der Waals surface area contributed by atoms with Gasteiger partial charge in [-0.1, -0.05) is 19.3 Å². The van der Waals surface area contributed by atoms with Gasteiger partial charge in [0.15, 0.2) is 5.69 Å². The number of aliphatic carboxylic acids is 1. The Bertz CT molecular complexity index is 718. The molecule has 4 rings (SSSR count). The molecule has 2 saturated heterocycles. The molecule has 2 aliphatic heterocycles. The summed E-state index contributed by atoms with van der Waals surface area (Å²) in [5.74, 6) is -1.44. The van der Waals surface area contributed by atoms with Crippen LogP contribution in [0.5, 0.6) is 5.75 Å². The maximum Gasteiger partial charge on any atom is 0.313 e. The van der Waals surface area contributed by atoms with Crippen LogP contribution in [0.1, 0.15) is 42.6 Å². The molecule has 1 aliphatic carbocycles. The van der Waals surface area contributed by atoms with Gasteiger partial charge in [0.2, 0.25) is 0 Å². The number of likely N-dealkylation sites (tertiary alicyclic amines) is 2. The summed E-state index contributed by atoms with van der Waals surface area (Å²) in [7, 11) is 0. The molecule has 7 nitrogen and oxygen atoms in total. The standard InChI is InChI=1S/C19H25N3O4/c23-15-7-4-8-20-16(15)17(24)22-10-13-9-21(14-5-2-1-3-6-14)11-19(13,12-22)18(25)26/h4,7-8,13-14,23H,1-3,5-6,9-12H2,(H,25,26)/t13-,19-/m1/s1. The molecule has 1 saturated carbocycles. The molecule has 0 radical (unpaired) electrons. The van der Waals surface area contributed by atoms with E-state index in [2.05, 4.69) is 9.88 Å². The lowest BCUT2D eigenvalue weighted by atomic mass is 9.81. The number of carboxylic acid groups (broad SMARTS) is 1. The fraction of sp³-hybridized carbons (Fsp3) is 0.632. The summed E-state index contributed by atoms with van der Waals surface area (Å²) in [6.45, 7) is 1.83. The summed E-state index contributed by atoms with van der Waals surface area (Å²) >= 11 is 0. The maximum absolute atomic E-state index is 12.7. The van der Waals surface area contributed by atoms with Crippen LogP contribution in [0.15, 0.2) is 18.3 Å². The molecule has 0 unspecified atom stereocenters. The highest BCUT2D eigenvalue weighted by Crippen LogP contribution is 2.45. The number of pyridine rings is 1. The third kappa shape index (κ3) is 2.74. The monoisotopic (exact) mass is 359 g/mol. The number of fused-ring (bicyclic) bond motifs is 1. The smallest absolute Gasteiger partial charge is 0.313 e. The lowest BCUT2D eigenvalue weighted by Crippen LogP contribution is -2.44. The van der Waals surface area contributed by atoms with Crippen LogP contribution in [0.25, 0.3) is 0 Å². The van der Waals surface area contributed by atoms with E-state index in [1.807, 2.05) is 0 Å². The highest BCUT2D eigenvalue weighted by Gasteiger charge is 2.59. The molecule has 3 heterocycles. The third-order valence-electron chi connectivity index (χ3n) is 6.43. The van der Waals surface area contributed by atoms with Gasteiger partial charge in [0, 0.05) is 44.3 Å². The molecule has 7 heteroatoms. The minimum Gasteiger partial charge on any atom is -0.505 e. The van der Waals surface area contributed by atoms with E-state index < -0.39 is 11.4 Å². The zero-order valence-electron chi connectivity index (χ0n) is 14.8. The Morgan fingerprint density at radius 3 is 2.58 bits per heavy atom. The van der Waals surface area contributed by atoms with E-state index in [-0.39, 0.29) is 29.8 Å². The molecule has 3 fully saturated rings. The second kappa shape index (κ2) is 6.54.